The Bertz CT molecular complexity index is 383. The lowest BCUT2D eigenvalue weighted by Crippen LogP contribution is -2.28. The van der Waals surface area contributed by atoms with Crippen molar-refractivity contribution in [3.8, 4) is 0 Å². The molecule has 2 atom stereocenters. The number of nitrogens with one attached hydrogen (secondary N) is 1. The molecular weight excluding hydrogens is 265 g/mol. The molecule has 0 saturated heterocycles. The minimum atomic E-state index is -0.139. The fourth-order valence-electron chi connectivity index (χ4n) is 2.90. The van der Waals surface area contributed by atoms with Crippen LogP contribution in [0.4, 0.5) is 4.39 Å². The maximum Gasteiger partial charge on any atom is 0.123 e. The van der Waals surface area contributed by atoms with Gasteiger partial charge in [0.25, 0.3) is 0 Å². The van der Waals surface area contributed by atoms with Crippen molar-refractivity contribution in [3.05, 3.63) is 35.6 Å². The molecule has 21 heavy (non-hydrogen) atoms. The number of rotatable bonds is 11. The van der Waals surface area contributed by atoms with Crippen LogP contribution in [0.2, 0.25) is 0 Å². The van der Waals surface area contributed by atoms with Crippen molar-refractivity contribution in [2.75, 3.05) is 26.8 Å². The van der Waals surface area contributed by atoms with E-state index >= 15 is 0 Å². The van der Waals surface area contributed by atoms with Gasteiger partial charge in [-0.3, -0.25) is 0 Å². The summed E-state index contributed by atoms with van der Waals surface area (Å²) in [5, 5.41) is 3.45. The average molecular weight is 295 g/mol. The zero-order chi connectivity index (χ0) is 15.5. The maximum absolute atomic E-state index is 13.3. The Morgan fingerprint density at radius 2 is 2.14 bits per heavy atom. The number of methoxy groups -OCH3 is 1. The van der Waals surface area contributed by atoms with E-state index in [0.29, 0.717) is 5.92 Å². The molecule has 2 unspecified atom stereocenters. The Labute approximate surface area is 129 Å². The molecule has 120 valence electrons. The zero-order valence-electron chi connectivity index (χ0n) is 13.7. The second kappa shape index (κ2) is 10.7. The standard InChI is InChI=1S/C18H30FNO/c1-4-6-15(2)11-17(14-20-9-10-21-3)12-16-7-5-8-18(19)13-16/h5,7-8,13,15,17,20H,4,6,9-12,14H2,1-3H3. The Morgan fingerprint density at radius 1 is 1.33 bits per heavy atom. The molecule has 0 amide bonds. The van der Waals surface area contributed by atoms with Gasteiger partial charge in [-0.15, -0.1) is 0 Å². The molecule has 1 N–H and O–H groups in total. The van der Waals surface area contributed by atoms with Gasteiger partial charge >= 0.3 is 0 Å². The van der Waals surface area contributed by atoms with Crippen LogP contribution in [0.25, 0.3) is 0 Å². The van der Waals surface area contributed by atoms with Gasteiger partial charge in [0, 0.05) is 13.7 Å². The Hall–Kier alpha value is -0.930. The molecule has 0 spiro atoms. The van der Waals surface area contributed by atoms with E-state index in [1.54, 1.807) is 19.2 Å². The van der Waals surface area contributed by atoms with Crippen molar-refractivity contribution in [1.82, 2.24) is 5.32 Å². The van der Waals surface area contributed by atoms with Gasteiger partial charge in [0.05, 0.1) is 6.61 Å². The van der Waals surface area contributed by atoms with Crippen LogP contribution in [0.5, 0.6) is 0 Å². The smallest absolute Gasteiger partial charge is 0.123 e. The summed E-state index contributed by atoms with van der Waals surface area (Å²) in [6, 6.07) is 6.99. The lowest BCUT2D eigenvalue weighted by molar-refractivity contribution is 0.196. The van der Waals surface area contributed by atoms with E-state index in [1.165, 1.54) is 25.3 Å². The minimum Gasteiger partial charge on any atom is -0.383 e. The number of hydrogen-bond acceptors (Lipinski definition) is 2. The van der Waals surface area contributed by atoms with Crippen molar-refractivity contribution >= 4 is 0 Å². The third-order valence-corrected chi connectivity index (χ3v) is 3.85. The van der Waals surface area contributed by atoms with E-state index in [9.17, 15) is 4.39 Å². The molecule has 1 rings (SSSR count). The maximum atomic E-state index is 13.3. The highest BCUT2D eigenvalue weighted by molar-refractivity contribution is 5.16. The fraction of sp³-hybridized carbons (Fsp3) is 0.667. The van der Waals surface area contributed by atoms with Crippen LogP contribution >= 0.6 is 0 Å². The summed E-state index contributed by atoms with van der Waals surface area (Å²) in [7, 11) is 1.72. The Balaban J connectivity index is 2.53. The molecule has 0 heterocycles. The molecule has 0 aliphatic heterocycles. The molecule has 0 aliphatic rings. The quantitative estimate of drug-likeness (QED) is 0.622. The van der Waals surface area contributed by atoms with Crippen LogP contribution in [-0.4, -0.2) is 26.8 Å². The van der Waals surface area contributed by atoms with Gasteiger partial charge < -0.3 is 10.1 Å². The first-order valence-corrected chi connectivity index (χ1v) is 8.09. The third kappa shape index (κ3) is 8.18. The SMILES string of the molecule is CCCC(C)CC(CNCCOC)Cc1cccc(F)c1. The predicted octanol–water partition coefficient (Wildman–Crippen LogP) is 4.05. The van der Waals surface area contributed by atoms with E-state index in [1.807, 2.05) is 6.07 Å². The normalized spacial score (nSPS) is 14.1. The van der Waals surface area contributed by atoms with Gasteiger partial charge in [-0.2, -0.15) is 0 Å². The van der Waals surface area contributed by atoms with Gasteiger partial charge in [0.1, 0.15) is 5.82 Å². The Kier molecular flexibility index (Phi) is 9.27. The third-order valence-electron chi connectivity index (χ3n) is 3.85. The van der Waals surface area contributed by atoms with E-state index in [-0.39, 0.29) is 5.82 Å². The number of benzene rings is 1. The molecule has 0 fully saturated rings. The van der Waals surface area contributed by atoms with Crippen LogP contribution in [-0.2, 0) is 11.2 Å². The summed E-state index contributed by atoms with van der Waals surface area (Å²) < 4.78 is 18.4. The van der Waals surface area contributed by atoms with E-state index < -0.39 is 0 Å². The van der Waals surface area contributed by atoms with Crippen LogP contribution in [0.1, 0.15) is 38.7 Å². The molecule has 1 aromatic carbocycles. The number of halogens is 1. The highest BCUT2D eigenvalue weighted by atomic mass is 19.1. The van der Waals surface area contributed by atoms with Gasteiger partial charge in [-0.1, -0.05) is 38.8 Å². The molecule has 0 aliphatic carbocycles. The first kappa shape index (κ1) is 18.1. The minimum absolute atomic E-state index is 0.139. The Morgan fingerprint density at radius 3 is 2.81 bits per heavy atom. The summed E-state index contributed by atoms with van der Waals surface area (Å²) in [6.45, 7) is 7.12. The molecule has 0 aromatic heterocycles. The van der Waals surface area contributed by atoms with Crippen molar-refractivity contribution in [2.45, 2.75) is 39.5 Å². The summed E-state index contributed by atoms with van der Waals surface area (Å²) in [4.78, 5) is 0. The summed E-state index contributed by atoms with van der Waals surface area (Å²) >= 11 is 0. The lowest BCUT2D eigenvalue weighted by Gasteiger charge is -2.21. The predicted molar refractivity (Wildman–Crippen MR) is 87.0 cm³/mol. The van der Waals surface area contributed by atoms with Crippen LogP contribution < -0.4 is 5.32 Å². The molecule has 0 radical (unpaired) electrons. The second-order valence-corrected chi connectivity index (χ2v) is 6.03. The van der Waals surface area contributed by atoms with Gasteiger partial charge in [0.2, 0.25) is 0 Å². The van der Waals surface area contributed by atoms with Crippen LogP contribution in [0.3, 0.4) is 0 Å². The molecule has 0 bridgehead atoms. The van der Waals surface area contributed by atoms with Crippen LogP contribution in [0, 0.1) is 17.7 Å². The first-order valence-electron chi connectivity index (χ1n) is 8.09. The van der Waals surface area contributed by atoms with E-state index in [0.717, 1.165) is 37.6 Å². The molecular formula is C18H30FNO. The lowest BCUT2D eigenvalue weighted by atomic mass is 9.88. The first-order chi connectivity index (χ1) is 10.2. The largest absolute Gasteiger partial charge is 0.383 e. The number of ether oxygens (including phenoxy) is 1. The molecule has 1 aromatic rings. The topological polar surface area (TPSA) is 21.3 Å². The van der Waals surface area contributed by atoms with E-state index in [2.05, 4.69) is 19.2 Å². The summed E-state index contributed by atoms with van der Waals surface area (Å²) in [5.74, 6) is 1.13. The number of hydrogen-bond donors (Lipinski definition) is 1. The van der Waals surface area contributed by atoms with Gasteiger partial charge in [0.15, 0.2) is 0 Å². The zero-order valence-corrected chi connectivity index (χ0v) is 13.7. The summed E-state index contributed by atoms with van der Waals surface area (Å²) in [5.41, 5.74) is 1.09. The monoisotopic (exact) mass is 295 g/mol. The van der Waals surface area contributed by atoms with Gasteiger partial charge in [-0.05, 0) is 48.9 Å². The summed E-state index contributed by atoms with van der Waals surface area (Å²) in [6.07, 6.45) is 4.61. The van der Waals surface area contributed by atoms with Crippen LogP contribution in [0.15, 0.2) is 24.3 Å². The second-order valence-electron chi connectivity index (χ2n) is 6.03. The average Bonchev–Trinajstić information content (AvgIpc) is 2.43. The van der Waals surface area contributed by atoms with Crippen molar-refractivity contribution in [1.29, 1.82) is 0 Å². The highest BCUT2D eigenvalue weighted by Crippen LogP contribution is 2.20. The molecule has 2 nitrogen and oxygen atoms in total. The molecule has 0 saturated carbocycles. The van der Waals surface area contributed by atoms with Crippen molar-refractivity contribution in [3.63, 3.8) is 0 Å². The van der Waals surface area contributed by atoms with Crippen molar-refractivity contribution in [2.24, 2.45) is 11.8 Å². The molecule has 3 heteroatoms. The fourth-order valence-corrected chi connectivity index (χ4v) is 2.90. The van der Waals surface area contributed by atoms with E-state index in [4.69, 9.17) is 4.74 Å². The van der Waals surface area contributed by atoms with Crippen molar-refractivity contribution < 1.29 is 9.13 Å². The van der Waals surface area contributed by atoms with Gasteiger partial charge in [-0.25, -0.2) is 4.39 Å². The highest BCUT2D eigenvalue weighted by Gasteiger charge is 2.14.